The fourth-order valence-corrected chi connectivity index (χ4v) is 2.45. The molecule has 1 aromatic rings. The van der Waals surface area contributed by atoms with Crippen LogP contribution in [0.1, 0.15) is 12.8 Å². The summed E-state index contributed by atoms with van der Waals surface area (Å²) in [5.74, 6) is 1.46. The summed E-state index contributed by atoms with van der Waals surface area (Å²) in [6.07, 6.45) is 3.86. The zero-order valence-corrected chi connectivity index (χ0v) is 10.8. The van der Waals surface area contributed by atoms with E-state index in [9.17, 15) is 0 Å². The summed E-state index contributed by atoms with van der Waals surface area (Å²) >= 11 is 6.13. The lowest BCUT2D eigenvalue weighted by molar-refractivity contribution is 0.0685. The molecule has 0 bridgehead atoms. The van der Waals surface area contributed by atoms with Crippen LogP contribution in [0.5, 0.6) is 0 Å². The van der Waals surface area contributed by atoms with E-state index in [2.05, 4.69) is 9.88 Å². The van der Waals surface area contributed by atoms with E-state index in [-0.39, 0.29) is 0 Å². The van der Waals surface area contributed by atoms with E-state index in [4.69, 9.17) is 22.1 Å². The lowest BCUT2D eigenvalue weighted by Gasteiger charge is -2.28. The van der Waals surface area contributed by atoms with Gasteiger partial charge < -0.3 is 15.4 Å². The molecule has 17 heavy (non-hydrogen) atoms. The largest absolute Gasteiger partial charge is 0.397 e. The van der Waals surface area contributed by atoms with Gasteiger partial charge in [-0.25, -0.2) is 4.98 Å². The van der Waals surface area contributed by atoms with Gasteiger partial charge in [-0.2, -0.15) is 0 Å². The summed E-state index contributed by atoms with van der Waals surface area (Å²) < 4.78 is 5.35. The Labute approximate surface area is 107 Å². The molecule has 0 spiro atoms. The molecule has 94 valence electrons. The molecule has 1 saturated heterocycles. The van der Waals surface area contributed by atoms with E-state index in [1.54, 1.807) is 12.3 Å². The van der Waals surface area contributed by atoms with Gasteiger partial charge in [0.05, 0.1) is 16.9 Å². The van der Waals surface area contributed by atoms with Crippen molar-refractivity contribution in [1.82, 2.24) is 4.98 Å². The van der Waals surface area contributed by atoms with Gasteiger partial charge in [-0.1, -0.05) is 11.6 Å². The van der Waals surface area contributed by atoms with Crippen LogP contribution in [0.15, 0.2) is 12.3 Å². The number of halogens is 1. The van der Waals surface area contributed by atoms with Gasteiger partial charge >= 0.3 is 0 Å². The van der Waals surface area contributed by atoms with Crippen LogP contribution in [0, 0.1) is 5.92 Å². The Bertz CT molecular complexity index is 380. The average Bonchev–Trinajstić information content (AvgIpc) is 2.30. The van der Waals surface area contributed by atoms with Gasteiger partial charge in [0.2, 0.25) is 0 Å². The molecule has 0 aliphatic carbocycles. The molecule has 0 amide bonds. The standard InChI is InChI=1S/C12H18ClN3O/c1-16(8-9-2-4-17-5-3-9)12-11(13)6-10(14)7-15-12/h6-7,9H,2-5,8,14H2,1H3. The first-order chi connectivity index (χ1) is 8.16. The van der Waals surface area contributed by atoms with Crippen molar-refractivity contribution < 1.29 is 4.74 Å². The van der Waals surface area contributed by atoms with E-state index in [1.807, 2.05) is 7.05 Å². The summed E-state index contributed by atoms with van der Waals surface area (Å²) in [6.45, 7) is 2.68. The molecule has 0 atom stereocenters. The second-order valence-corrected chi connectivity index (χ2v) is 4.92. The van der Waals surface area contributed by atoms with Crippen molar-refractivity contribution in [2.75, 3.05) is 37.4 Å². The zero-order valence-electron chi connectivity index (χ0n) is 10.0. The maximum atomic E-state index is 6.13. The number of anilines is 2. The van der Waals surface area contributed by atoms with Crippen molar-refractivity contribution in [2.24, 2.45) is 5.92 Å². The smallest absolute Gasteiger partial charge is 0.147 e. The van der Waals surface area contributed by atoms with Crippen molar-refractivity contribution in [3.05, 3.63) is 17.3 Å². The molecule has 0 saturated carbocycles. The second kappa shape index (κ2) is 5.56. The molecule has 0 aromatic carbocycles. The fourth-order valence-electron chi connectivity index (χ4n) is 2.13. The Morgan fingerprint density at radius 1 is 1.53 bits per heavy atom. The molecular formula is C12H18ClN3O. The van der Waals surface area contributed by atoms with Gasteiger partial charge in [0, 0.05) is 26.8 Å². The number of ether oxygens (including phenoxy) is 1. The molecule has 4 nitrogen and oxygen atoms in total. The van der Waals surface area contributed by atoms with Crippen molar-refractivity contribution in [1.29, 1.82) is 0 Å². The molecule has 0 unspecified atom stereocenters. The van der Waals surface area contributed by atoms with Crippen molar-refractivity contribution in [3.63, 3.8) is 0 Å². The minimum atomic E-state index is 0.596. The zero-order chi connectivity index (χ0) is 12.3. The number of pyridine rings is 1. The predicted molar refractivity (Wildman–Crippen MR) is 70.5 cm³/mol. The van der Waals surface area contributed by atoms with Crippen molar-refractivity contribution in [2.45, 2.75) is 12.8 Å². The molecule has 1 fully saturated rings. The third kappa shape index (κ3) is 3.23. The lowest BCUT2D eigenvalue weighted by Crippen LogP contribution is -2.30. The maximum absolute atomic E-state index is 6.13. The van der Waals surface area contributed by atoms with Crippen molar-refractivity contribution >= 4 is 23.1 Å². The number of nitrogens with two attached hydrogens (primary N) is 1. The van der Waals surface area contributed by atoms with E-state index in [1.165, 1.54) is 0 Å². The number of rotatable bonds is 3. The Kier molecular flexibility index (Phi) is 4.07. The molecule has 0 radical (unpaired) electrons. The third-order valence-electron chi connectivity index (χ3n) is 3.08. The molecule has 2 N–H and O–H groups in total. The quantitative estimate of drug-likeness (QED) is 0.900. The van der Waals surface area contributed by atoms with Gasteiger partial charge in [-0.05, 0) is 24.8 Å². The Morgan fingerprint density at radius 2 is 2.24 bits per heavy atom. The fraction of sp³-hybridized carbons (Fsp3) is 0.583. The first kappa shape index (κ1) is 12.5. The summed E-state index contributed by atoms with van der Waals surface area (Å²) in [4.78, 5) is 6.38. The lowest BCUT2D eigenvalue weighted by atomic mass is 10.00. The van der Waals surface area contributed by atoms with Crippen LogP contribution >= 0.6 is 11.6 Å². The monoisotopic (exact) mass is 255 g/mol. The highest BCUT2D eigenvalue weighted by molar-refractivity contribution is 6.33. The van der Waals surface area contributed by atoms with Gasteiger partial charge in [0.25, 0.3) is 0 Å². The van der Waals surface area contributed by atoms with Crippen LogP contribution in [-0.4, -0.2) is 31.8 Å². The Balaban J connectivity index is 2.00. The predicted octanol–water partition coefficient (Wildman–Crippen LogP) is 2.18. The number of hydrogen-bond donors (Lipinski definition) is 1. The van der Waals surface area contributed by atoms with Crippen LogP contribution in [0.2, 0.25) is 5.02 Å². The number of nitrogen functional groups attached to an aromatic ring is 1. The maximum Gasteiger partial charge on any atom is 0.147 e. The van der Waals surface area contributed by atoms with E-state index in [0.29, 0.717) is 16.6 Å². The molecule has 5 heteroatoms. The van der Waals surface area contributed by atoms with Crippen LogP contribution in [0.3, 0.4) is 0 Å². The number of hydrogen-bond acceptors (Lipinski definition) is 4. The van der Waals surface area contributed by atoms with Gasteiger partial charge in [-0.3, -0.25) is 0 Å². The highest BCUT2D eigenvalue weighted by Gasteiger charge is 2.17. The molecule has 1 aromatic heterocycles. The van der Waals surface area contributed by atoms with Crippen LogP contribution in [0.25, 0.3) is 0 Å². The van der Waals surface area contributed by atoms with Gasteiger partial charge in [0.1, 0.15) is 5.82 Å². The van der Waals surface area contributed by atoms with E-state index < -0.39 is 0 Å². The SMILES string of the molecule is CN(CC1CCOCC1)c1ncc(N)cc1Cl. The normalized spacial score (nSPS) is 17.1. The molecular weight excluding hydrogens is 238 g/mol. The summed E-state index contributed by atoms with van der Waals surface area (Å²) in [5.41, 5.74) is 6.23. The molecule has 2 rings (SSSR count). The van der Waals surface area contributed by atoms with Gasteiger partial charge in [0.15, 0.2) is 0 Å². The summed E-state index contributed by atoms with van der Waals surface area (Å²) in [7, 11) is 2.01. The first-order valence-corrected chi connectivity index (χ1v) is 6.24. The highest BCUT2D eigenvalue weighted by atomic mass is 35.5. The number of nitrogens with zero attached hydrogens (tertiary/aromatic N) is 2. The van der Waals surface area contributed by atoms with Crippen molar-refractivity contribution in [3.8, 4) is 0 Å². The molecule has 1 aliphatic heterocycles. The third-order valence-corrected chi connectivity index (χ3v) is 3.36. The first-order valence-electron chi connectivity index (χ1n) is 5.86. The number of aromatic nitrogens is 1. The highest BCUT2D eigenvalue weighted by Crippen LogP contribution is 2.26. The minimum absolute atomic E-state index is 0.596. The molecule has 1 aliphatic rings. The van der Waals surface area contributed by atoms with Crippen LogP contribution in [-0.2, 0) is 4.74 Å². The second-order valence-electron chi connectivity index (χ2n) is 4.51. The average molecular weight is 256 g/mol. The van der Waals surface area contributed by atoms with E-state index in [0.717, 1.165) is 38.4 Å². The molecule has 2 heterocycles. The minimum Gasteiger partial charge on any atom is -0.397 e. The summed E-state index contributed by atoms with van der Waals surface area (Å²) in [5, 5.41) is 0.611. The van der Waals surface area contributed by atoms with Gasteiger partial charge in [-0.15, -0.1) is 0 Å². The van der Waals surface area contributed by atoms with Crippen LogP contribution in [0.4, 0.5) is 11.5 Å². The summed E-state index contributed by atoms with van der Waals surface area (Å²) in [6, 6.07) is 1.74. The van der Waals surface area contributed by atoms with E-state index >= 15 is 0 Å². The topological polar surface area (TPSA) is 51.4 Å². The Morgan fingerprint density at radius 3 is 2.88 bits per heavy atom. The van der Waals surface area contributed by atoms with Crippen LogP contribution < -0.4 is 10.6 Å². The Hall–Kier alpha value is -1.00.